The Labute approximate surface area is 132 Å². The molecule has 122 valence electrons. The lowest BCUT2D eigenvalue weighted by Crippen LogP contribution is -2.35. The number of hydrogen-bond acceptors (Lipinski definition) is 4. The van der Waals surface area contributed by atoms with E-state index in [1.165, 1.54) is 0 Å². The monoisotopic (exact) mass is 324 g/mol. The molecular weight excluding hydrogens is 300 g/mol. The SMILES string of the molecule is Cc1cc(C)cc(NC(=O)CCN(C)C2CCS(=O)(=O)C2)c1. The van der Waals surface area contributed by atoms with E-state index in [1.54, 1.807) is 0 Å². The molecule has 22 heavy (non-hydrogen) atoms. The summed E-state index contributed by atoms with van der Waals surface area (Å²) in [5.41, 5.74) is 3.04. The molecule has 2 rings (SSSR count). The van der Waals surface area contributed by atoms with Crippen molar-refractivity contribution in [1.82, 2.24) is 4.90 Å². The minimum Gasteiger partial charge on any atom is -0.326 e. The van der Waals surface area contributed by atoms with Crippen LogP contribution in [-0.2, 0) is 14.6 Å². The molecule has 1 heterocycles. The lowest BCUT2D eigenvalue weighted by molar-refractivity contribution is -0.116. The summed E-state index contributed by atoms with van der Waals surface area (Å²) in [6.07, 6.45) is 1.03. The lowest BCUT2D eigenvalue weighted by Gasteiger charge is -2.22. The normalized spacial score (nSPS) is 20.3. The third-order valence-electron chi connectivity index (χ3n) is 4.03. The first-order valence-corrected chi connectivity index (χ1v) is 9.36. The summed E-state index contributed by atoms with van der Waals surface area (Å²) in [5, 5.41) is 2.90. The third-order valence-corrected chi connectivity index (χ3v) is 5.78. The number of carbonyl (C=O) groups is 1. The highest BCUT2D eigenvalue weighted by Gasteiger charge is 2.30. The molecule has 1 aliphatic rings. The number of rotatable bonds is 5. The van der Waals surface area contributed by atoms with Crippen molar-refractivity contribution in [1.29, 1.82) is 0 Å². The number of anilines is 1. The van der Waals surface area contributed by atoms with Crippen LogP contribution in [0.4, 0.5) is 5.69 Å². The Balaban J connectivity index is 1.82. The number of aryl methyl sites for hydroxylation is 2. The minimum atomic E-state index is -2.88. The van der Waals surface area contributed by atoms with Crippen molar-refractivity contribution in [3.8, 4) is 0 Å². The Bertz CT molecular complexity index is 635. The van der Waals surface area contributed by atoms with Crippen LogP contribution in [0.25, 0.3) is 0 Å². The van der Waals surface area contributed by atoms with Crippen molar-refractivity contribution in [2.45, 2.75) is 32.7 Å². The molecule has 6 heteroatoms. The molecule has 0 aromatic heterocycles. The van der Waals surface area contributed by atoms with Crippen LogP contribution in [0.2, 0.25) is 0 Å². The molecule has 0 saturated carbocycles. The maximum atomic E-state index is 12.0. The van der Waals surface area contributed by atoms with Crippen LogP contribution in [0, 0.1) is 13.8 Å². The fraction of sp³-hybridized carbons (Fsp3) is 0.562. The number of nitrogens with zero attached hydrogens (tertiary/aromatic N) is 1. The maximum Gasteiger partial charge on any atom is 0.225 e. The van der Waals surface area contributed by atoms with E-state index in [1.807, 2.05) is 37.9 Å². The number of amides is 1. The number of carbonyl (C=O) groups excluding carboxylic acids is 1. The van der Waals surface area contributed by atoms with Crippen LogP contribution in [-0.4, -0.2) is 50.4 Å². The Hall–Kier alpha value is -1.40. The van der Waals surface area contributed by atoms with Gasteiger partial charge in [0.15, 0.2) is 9.84 Å². The van der Waals surface area contributed by atoms with Gasteiger partial charge in [-0.1, -0.05) is 6.07 Å². The lowest BCUT2D eigenvalue weighted by atomic mass is 10.1. The molecule has 5 nitrogen and oxygen atoms in total. The molecule has 1 amide bonds. The van der Waals surface area contributed by atoms with Crippen LogP contribution in [0.15, 0.2) is 18.2 Å². The van der Waals surface area contributed by atoms with Crippen LogP contribution in [0.1, 0.15) is 24.0 Å². The average Bonchev–Trinajstić information content (AvgIpc) is 2.75. The van der Waals surface area contributed by atoms with Gasteiger partial charge in [-0.15, -0.1) is 0 Å². The summed E-state index contributed by atoms with van der Waals surface area (Å²) >= 11 is 0. The second-order valence-electron chi connectivity index (χ2n) is 6.21. The van der Waals surface area contributed by atoms with Gasteiger partial charge >= 0.3 is 0 Å². The highest BCUT2D eigenvalue weighted by Crippen LogP contribution is 2.17. The van der Waals surface area contributed by atoms with E-state index in [0.717, 1.165) is 16.8 Å². The average molecular weight is 324 g/mol. The van der Waals surface area contributed by atoms with Gasteiger partial charge in [0.25, 0.3) is 0 Å². The standard InChI is InChI=1S/C16H24N2O3S/c1-12-8-13(2)10-14(9-12)17-16(19)4-6-18(3)15-5-7-22(20,21)11-15/h8-10,15H,4-7,11H2,1-3H3,(H,17,19). The summed E-state index contributed by atoms with van der Waals surface area (Å²) in [4.78, 5) is 14.0. The van der Waals surface area contributed by atoms with E-state index in [-0.39, 0.29) is 23.5 Å². The Morgan fingerprint density at radius 2 is 1.91 bits per heavy atom. The summed E-state index contributed by atoms with van der Waals surface area (Å²) in [6.45, 7) is 4.56. The minimum absolute atomic E-state index is 0.0408. The van der Waals surface area contributed by atoms with Crippen molar-refractivity contribution < 1.29 is 13.2 Å². The zero-order valence-corrected chi connectivity index (χ0v) is 14.2. The molecule has 0 bridgehead atoms. The highest BCUT2D eigenvalue weighted by atomic mass is 32.2. The topological polar surface area (TPSA) is 66.5 Å². The van der Waals surface area contributed by atoms with Crippen molar-refractivity contribution in [2.75, 3.05) is 30.4 Å². The van der Waals surface area contributed by atoms with E-state index >= 15 is 0 Å². The van der Waals surface area contributed by atoms with E-state index in [0.29, 0.717) is 19.4 Å². The molecule has 0 spiro atoms. The zero-order valence-electron chi connectivity index (χ0n) is 13.4. The fourth-order valence-corrected chi connectivity index (χ4v) is 4.66. The third kappa shape index (κ3) is 4.81. The van der Waals surface area contributed by atoms with Crippen molar-refractivity contribution in [2.24, 2.45) is 0 Å². The molecule has 1 fully saturated rings. The van der Waals surface area contributed by atoms with Crippen LogP contribution >= 0.6 is 0 Å². The number of benzene rings is 1. The molecule has 1 unspecified atom stereocenters. The van der Waals surface area contributed by atoms with E-state index in [2.05, 4.69) is 11.4 Å². The second-order valence-corrected chi connectivity index (χ2v) is 8.44. The molecule has 0 radical (unpaired) electrons. The molecule has 0 aliphatic carbocycles. The first-order valence-electron chi connectivity index (χ1n) is 7.54. The number of nitrogens with one attached hydrogen (secondary N) is 1. The molecule has 1 saturated heterocycles. The predicted molar refractivity (Wildman–Crippen MR) is 88.9 cm³/mol. The molecule has 1 atom stereocenters. The van der Waals surface area contributed by atoms with E-state index in [9.17, 15) is 13.2 Å². The molecule has 1 aliphatic heterocycles. The quantitative estimate of drug-likeness (QED) is 0.896. The Morgan fingerprint density at radius 3 is 2.45 bits per heavy atom. The van der Waals surface area contributed by atoms with Gasteiger partial charge < -0.3 is 10.2 Å². The molecular formula is C16H24N2O3S. The predicted octanol–water partition coefficient (Wildman–Crippen LogP) is 1.75. The van der Waals surface area contributed by atoms with Gasteiger partial charge in [0, 0.05) is 24.7 Å². The van der Waals surface area contributed by atoms with E-state index in [4.69, 9.17) is 0 Å². The van der Waals surface area contributed by atoms with Gasteiger partial charge in [-0.05, 0) is 50.6 Å². The van der Waals surface area contributed by atoms with Crippen LogP contribution < -0.4 is 5.32 Å². The largest absolute Gasteiger partial charge is 0.326 e. The van der Waals surface area contributed by atoms with Crippen molar-refractivity contribution in [3.63, 3.8) is 0 Å². The zero-order chi connectivity index (χ0) is 16.3. The molecule has 1 aromatic carbocycles. The molecule has 1 aromatic rings. The Morgan fingerprint density at radius 1 is 1.27 bits per heavy atom. The first-order chi connectivity index (χ1) is 10.2. The summed E-state index contributed by atoms with van der Waals surface area (Å²) < 4.78 is 23.0. The van der Waals surface area contributed by atoms with Gasteiger partial charge in [0.1, 0.15) is 0 Å². The second kappa shape index (κ2) is 6.79. The summed E-state index contributed by atoms with van der Waals surface area (Å²) in [6, 6.07) is 5.99. The van der Waals surface area contributed by atoms with Crippen molar-refractivity contribution >= 4 is 21.4 Å². The highest BCUT2D eigenvalue weighted by molar-refractivity contribution is 7.91. The van der Waals surface area contributed by atoms with Gasteiger partial charge in [-0.3, -0.25) is 4.79 Å². The first kappa shape index (κ1) is 17.0. The van der Waals surface area contributed by atoms with Gasteiger partial charge in [-0.25, -0.2) is 8.42 Å². The Kier molecular flexibility index (Phi) is 5.24. The van der Waals surface area contributed by atoms with Crippen molar-refractivity contribution in [3.05, 3.63) is 29.3 Å². The fourth-order valence-electron chi connectivity index (χ4n) is 2.85. The van der Waals surface area contributed by atoms with Gasteiger partial charge in [0.05, 0.1) is 11.5 Å². The van der Waals surface area contributed by atoms with E-state index < -0.39 is 9.84 Å². The van der Waals surface area contributed by atoms with Crippen LogP contribution in [0.5, 0.6) is 0 Å². The van der Waals surface area contributed by atoms with Crippen LogP contribution in [0.3, 0.4) is 0 Å². The summed E-state index contributed by atoms with van der Waals surface area (Å²) in [7, 11) is -0.995. The molecule has 1 N–H and O–H groups in total. The smallest absolute Gasteiger partial charge is 0.225 e. The van der Waals surface area contributed by atoms with Gasteiger partial charge in [-0.2, -0.15) is 0 Å². The number of hydrogen-bond donors (Lipinski definition) is 1. The number of sulfone groups is 1. The van der Waals surface area contributed by atoms with Gasteiger partial charge in [0.2, 0.25) is 5.91 Å². The maximum absolute atomic E-state index is 12.0. The summed E-state index contributed by atoms with van der Waals surface area (Å²) in [5.74, 6) is 0.427.